The summed E-state index contributed by atoms with van der Waals surface area (Å²) in [6, 6.07) is 14.8. The number of anilines is 1. The van der Waals surface area contributed by atoms with Crippen LogP contribution >= 0.6 is 11.3 Å². The van der Waals surface area contributed by atoms with Gasteiger partial charge in [0.05, 0.1) is 6.61 Å². The highest BCUT2D eigenvalue weighted by atomic mass is 32.1. The number of carbonyl (C=O) groups excluding carboxylic acids is 1. The number of thiophene rings is 1. The van der Waals surface area contributed by atoms with Crippen molar-refractivity contribution in [3.63, 3.8) is 0 Å². The maximum Gasteiger partial charge on any atom is 0.328 e. The number of fused-ring (bicyclic) bond motifs is 2. The summed E-state index contributed by atoms with van der Waals surface area (Å²) in [5.41, 5.74) is 3.30. The number of rotatable bonds is 10. The van der Waals surface area contributed by atoms with Crippen molar-refractivity contribution < 1.29 is 49.1 Å². The predicted octanol–water partition coefficient (Wildman–Crippen LogP) is 3.54. The molecule has 0 bridgehead atoms. The molecule has 0 saturated carbocycles. The second-order valence-electron chi connectivity index (χ2n) is 10.5. The summed E-state index contributed by atoms with van der Waals surface area (Å²) in [7, 11) is 1.86. The number of likely N-dealkylation sites (N-methyl/N-ethyl adjacent to an activating group) is 1. The highest BCUT2D eigenvalue weighted by molar-refractivity contribution is 7.17. The molecule has 2 aliphatic rings. The van der Waals surface area contributed by atoms with Gasteiger partial charge in [-0.15, -0.1) is 11.3 Å². The summed E-state index contributed by atoms with van der Waals surface area (Å²) in [6.45, 7) is 6.81. The van der Waals surface area contributed by atoms with Gasteiger partial charge in [0.1, 0.15) is 5.75 Å². The Morgan fingerprint density at radius 1 is 0.830 bits per heavy atom. The molecule has 1 amide bonds. The van der Waals surface area contributed by atoms with E-state index in [9.17, 15) is 24.0 Å². The van der Waals surface area contributed by atoms with Crippen molar-refractivity contribution in [1.29, 1.82) is 0 Å². The van der Waals surface area contributed by atoms with Gasteiger partial charge in [-0.05, 0) is 54.1 Å². The maximum atomic E-state index is 12.4. The third kappa shape index (κ3) is 11.9. The van der Waals surface area contributed by atoms with Gasteiger partial charge in [-0.25, -0.2) is 19.2 Å². The SMILES string of the molecule is CN1CCc2ccc(OCCCN3CCN(c4cccc5sccc45)CC3)cc2C1=O.O=C(O)C=CC(=O)O.O=C(O)C=CC(=O)O. The van der Waals surface area contributed by atoms with Gasteiger partial charge >= 0.3 is 23.9 Å². The number of piperazine rings is 1. The smallest absolute Gasteiger partial charge is 0.328 e. The molecule has 1 fully saturated rings. The van der Waals surface area contributed by atoms with Gasteiger partial charge in [0.2, 0.25) is 0 Å². The van der Waals surface area contributed by atoms with Gasteiger partial charge in [-0.1, -0.05) is 12.1 Å². The van der Waals surface area contributed by atoms with E-state index in [2.05, 4.69) is 39.4 Å². The lowest BCUT2D eigenvalue weighted by Crippen LogP contribution is -2.46. The van der Waals surface area contributed by atoms with Gasteiger partial charge in [0.25, 0.3) is 5.91 Å². The number of carbonyl (C=O) groups is 5. The number of hydrogen-bond donors (Lipinski definition) is 4. The van der Waals surface area contributed by atoms with Crippen LogP contribution in [0.2, 0.25) is 0 Å². The molecule has 250 valence electrons. The number of aliphatic carboxylic acids is 4. The molecular weight excluding hydrogens is 630 g/mol. The Bertz CT molecular complexity index is 1560. The summed E-state index contributed by atoms with van der Waals surface area (Å²) in [5.74, 6) is -4.13. The molecule has 1 aromatic heterocycles. The van der Waals surface area contributed by atoms with E-state index in [0.29, 0.717) is 30.9 Å². The first-order valence-electron chi connectivity index (χ1n) is 14.7. The second-order valence-corrected chi connectivity index (χ2v) is 11.4. The second kappa shape index (κ2) is 18.1. The summed E-state index contributed by atoms with van der Waals surface area (Å²) in [6.07, 6.45) is 4.14. The number of benzene rings is 2. The molecule has 2 aromatic carbocycles. The molecule has 5 rings (SSSR count). The molecular formula is C33H37N3O10S. The minimum atomic E-state index is -1.26. The summed E-state index contributed by atoms with van der Waals surface area (Å²) in [4.78, 5) is 57.4. The van der Waals surface area contributed by atoms with Gasteiger partial charge in [-0.2, -0.15) is 0 Å². The van der Waals surface area contributed by atoms with Crippen LogP contribution in [0.25, 0.3) is 10.1 Å². The zero-order chi connectivity index (χ0) is 34.3. The van der Waals surface area contributed by atoms with Crippen LogP contribution in [0.1, 0.15) is 22.3 Å². The average molecular weight is 668 g/mol. The zero-order valence-electron chi connectivity index (χ0n) is 25.8. The first kappa shape index (κ1) is 36.3. The molecule has 1 saturated heterocycles. The monoisotopic (exact) mass is 667 g/mol. The summed E-state index contributed by atoms with van der Waals surface area (Å²) >= 11 is 1.81. The fraction of sp³-hybridized carbons (Fsp3) is 0.303. The molecule has 0 unspecified atom stereocenters. The number of carboxylic acids is 4. The van der Waals surface area contributed by atoms with Gasteiger partial charge in [-0.3, -0.25) is 9.69 Å². The van der Waals surface area contributed by atoms with Gasteiger partial charge in [0, 0.05) is 92.0 Å². The third-order valence-electron chi connectivity index (χ3n) is 7.19. The van der Waals surface area contributed by atoms with Crippen molar-refractivity contribution in [2.45, 2.75) is 12.8 Å². The van der Waals surface area contributed by atoms with Crippen molar-refractivity contribution in [1.82, 2.24) is 9.80 Å². The Morgan fingerprint density at radius 2 is 1.45 bits per heavy atom. The van der Waals surface area contributed by atoms with E-state index in [1.54, 1.807) is 4.90 Å². The topological polar surface area (TPSA) is 185 Å². The number of hydrogen-bond acceptors (Lipinski definition) is 9. The van der Waals surface area contributed by atoms with Crippen molar-refractivity contribution in [3.05, 3.63) is 83.3 Å². The Labute approximate surface area is 275 Å². The number of amides is 1. The molecule has 3 heterocycles. The van der Waals surface area contributed by atoms with E-state index in [4.69, 9.17) is 25.2 Å². The van der Waals surface area contributed by atoms with E-state index in [0.717, 1.165) is 69.0 Å². The molecule has 3 aromatic rings. The molecule has 4 N–H and O–H groups in total. The molecule has 14 heteroatoms. The molecule has 0 aliphatic carbocycles. The van der Waals surface area contributed by atoms with Crippen LogP contribution < -0.4 is 9.64 Å². The average Bonchev–Trinajstić information content (AvgIpc) is 3.53. The molecule has 0 radical (unpaired) electrons. The molecule has 0 spiro atoms. The summed E-state index contributed by atoms with van der Waals surface area (Å²) < 4.78 is 7.34. The molecule has 47 heavy (non-hydrogen) atoms. The Hall–Kier alpha value is -5.21. The zero-order valence-corrected chi connectivity index (χ0v) is 26.6. The van der Waals surface area contributed by atoms with Crippen LogP contribution in [0, 0.1) is 0 Å². The molecule has 0 atom stereocenters. The van der Waals surface area contributed by atoms with E-state index in [1.165, 1.54) is 15.8 Å². The van der Waals surface area contributed by atoms with Crippen LogP contribution in [0.3, 0.4) is 0 Å². The summed E-state index contributed by atoms with van der Waals surface area (Å²) in [5, 5.41) is 34.8. The fourth-order valence-corrected chi connectivity index (χ4v) is 5.69. The maximum absolute atomic E-state index is 12.4. The number of nitrogens with zero attached hydrogens (tertiary/aromatic N) is 3. The van der Waals surface area contributed by atoms with Crippen molar-refractivity contribution >= 4 is 56.9 Å². The lowest BCUT2D eigenvalue weighted by Gasteiger charge is -2.36. The highest BCUT2D eigenvalue weighted by Crippen LogP contribution is 2.31. The van der Waals surface area contributed by atoms with Gasteiger partial charge < -0.3 is 35.0 Å². The van der Waals surface area contributed by atoms with E-state index in [1.807, 2.05) is 36.6 Å². The minimum absolute atomic E-state index is 0.0997. The Kier molecular flexibility index (Phi) is 13.9. The lowest BCUT2D eigenvalue weighted by atomic mass is 9.99. The van der Waals surface area contributed by atoms with E-state index in [-0.39, 0.29) is 5.91 Å². The largest absolute Gasteiger partial charge is 0.494 e. The van der Waals surface area contributed by atoms with Crippen LogP contribution in [0.5, 0.6) is 5.75 Å². The molecule has 13 nitrogen and oxygen atoms in total. The highest BCUT2D eigenvalue weighted by Gasteiger charge is 2.22. The lowest BCUT2D eigenvalue weighted by molar-refractivity contribution is -0.134. The van der Waals surface area contributed by atoms with Crippen LogP contribution in [0.4, 0.5) is 5.69 Å². The van der Waals surface area contributed by atoms with Crippen LogP contribution in [0.15, 0.2) is 72.1 Å². The Balaban J connectivity index is 0.000000312. The first-order valence-corrected chi connectivity index (χ1v) is 15.5. The third-order valence-corrected chi connectivity index (χ3v) is 8.07. The van der Waals surface area contributed by atoms with Crippen LogP contribution in [-0.4, -0.2) is 113 Å². The minimum Gasteiger partial charge on any atom is -0.494 e. The number of carboxylic acid groups (broad SMARTS) is 4. The van der Waals surface area contributed by atoms with Crippen molar-refractivity contribution in [2.75, 3.05) is 57.8 Å². The number of ether oxygens (including phenoxy) is 1. The quantitative estimate of drug-likeness (QED) is 0.182. The van der Waals surface area contributed by atoms with Crippen LogP contribution in [-0.2, 0) is 25.6 Å². The standard InChI is InChI=1S/C25H29N3O2S.2C4H4O4/c1-26-11-8-19-6-7-20(18-22(19)25(26)29)30-16-3-10-27-12-14-28(15-13-27)23-4-2-5-24-21(23)9-17-31-24;2*5-3(6)1-2-4(7)8/h2,4-7,9,17-18H,3,8,10-16H2,1H3;2*1-2H,(H,5,6)(H,7,8). The predicted molar refractivity (Wildman–Crippen MR) is 177 cm³/mol. The Morgan fingerprint density at radius 3 is 2.04 bits per heavy atom. The van der Waals surface area contributed by atoms with E-state index >= 15 is 0 Å². The fourth-order valence-electron chi connectivity index (χ4n) is 4.89. The first-order chi connectivity index (χ1) is 22.4. The molecule has 2 aliphatic heterocycles. The van der Waals surface area contributed by atoms with Crippen molar-refractivity contribution in [2.24, 2.45) is 0 Å². The normalized spacial score (nSPS) is 14.6. The van der Waals surface area contributed by atoms with Crippen molar-refractivity contribution in [3.8, 4) is 5.75 Å². The van der Waals surface area contributed by atoms with Gasteiger partial charge in [0.15, 0.2) is 0 Å². The van der Waals surface area contributed by atoms with E-state index < -0.39 is 23.9 Å².